The normalized spacial score (nSPS) is 11.5. The van der Waals surface area contributed by atoms with E-state index in [4.69, 9.17) is 27.9 Å². The molecule has 140 valence electrons. The molecule has 0 aliphatic rings. The summed E-state index contributed by atoms with van der Waals surface area (Å²) in [7, 11) is -4.05. The van der Waals surface area contributed by atoms with Gasteiger partial charge in [-0.05, 0) is 51.1 Å². The van der Waals surface area contributed by atoms with Crippen molar-refractivity contribution in [2.45, 2.75) is 31.8 Å². The highest BCUT2D eigenvalue weighted by Gasteiger charge is 2.29. The van der Waals surface area contributed by atoms with Crippen molar-refractivity contribution in [3.8, 4) is 0 Å². The first-order valence-corrected chi connectivity index (χ1v) is 10.0. The van der Waals surface area contributed by atoms with E-state index in [9.17, 15) is 13.2 Å². The summed E-state index contributed by atoms with van der Waals surface area (Å²) >= 11 is 12.2. The van der Waals surface area contributed by atoms with Gasteiger partial charge in [0.2, 0.25) is 0 Å². The Morgan fingerprint density at radius 2 is 1.73 bits per heavy atom. The molecule has 0 aliphatic heterocycles. The fourth-order valence-electron chi connectivity index (χ4n) is 2.23. The lowest BCUT2D eigenvalue weighted by Crippen LogP contribution is -2.37. The van der Waals surface area contributed by atoms with Gasteiger partial charge in [0.15, 0.2) is 0 Å². The van der Waals surface area contributed by atoms with Crippen LogP contribution in [0.15, 0.2) is 47.4 Å². The Morgan fingerprint density at radius 1 is 1.12 bits per heavy atom. The molecule has 0 N–H and O–H groups in total. The topological polar surface area (TPSA) is 63.7 Å². The molecule has 0 amide bonds. The molecule has 26 heavy (non-hydrogen) atoms. The number of benzene rings is 2. The molecule has 0 saturated carbocycles. The number of ether oxygens (including phenoxy) is 1. The van der Waals surface area contributed by atoms with E-state index >= 15 is 0 Å². The molecule has 0 heterocycles. The predicted molar refractivity (Wildman–Crippen MR) is 103 cm³/mol. The van der Waals surface area contributed by atoms with Crippen molar-refractivity contribution in [3.05, 3.63) is 58.1 Å². The zero-order chi connectivity index (χ0) is 19.5. The molecule has 0 unspecified atom stereocenters. The summed E-state index contributed by atoms with van der Waals surface area (Å²) < 4.78 is 32.3. The molecular weight excluding hydrogens is 397 g/mol. The van der Waals surface area contributed by atoms with Crippen LogP contribution in [-0.4, -0.2) is 27.0 Å². The Hall–Kier alpha value is -1.76. The molecule has 0 aliphatic carbocycles. The molecule has 0 atom stereocenters. The van der Waals surface area contributed by atoms with Crippen LogP contribution in [0.1, 0.15) is 19.4 Å². The number of esters is 1. The fourth-order valence-corrected chi connectivity index (χ4v) is 4.09. The van der Waals surface area contributed by atoms with Gasteiger partial charge in [0.05, 0.1) is 21.7 Å². The highest BCUT2D eigenvalue weighted by atomic mass is 35.5. The Morgan fingerprint density at radius 3 is 2.31 bits per heavy atom. The highest BCUT2D eigenvalue weighted by Crippen LogP contribution is 2.33. The van der Waals surface area contributed by atoms with Crippen molar-refractivity contribution in [1.29, 1.82) is 0 Å². The van der Waals surface area contributed by atoms with Gasteiger partial charge in [-0.3, -0.25) is 9.10 Å². The zero-order valence-corrected chi connectivity index (χ0v) is 16.9. The van der Waals surface area contributed by atoms with Gasteiger partial charge < -0.3 is 4.74 Å². The third-order valence-corrected chi connectivity index (χ3v) is 5.75. The Bertz CT molecular complexity index is 896. The molecule has 0 fully saturated rings. The van der Waals surface area contributed by atoms with Gasteiger partial charge in [-0.2, -0.15) is 0 Å². The lowest BCUT2D eigenvalue weighted by molar-refractivity contribution is -0.145. The van der Waals surface area contributed by atoms with Gasteiger partial charge in [-0.15, -0.1) is 0 Å². The summed E-state index contributed by atoms with van der Waals surface area (Å²) in [5.41, 5.74) is 1.02. The summed E-state index contributed by atoms with van der Waals surface area (Å²) in [5, 5.41) is 0.452. The van der Waals surface area contributed by atoms with E-state index in [2.05, 4.69) is 0 Å². The molecule has 0 bridgehead atoms. The minimum Gasteiger partial charge on any atom is -0.462 e. The largest absolute Gasteiger partial charge is 0.462 e. The van der Waals surface area contributed by atoms with Crippen LogP contribution in [0.25, 0.3) is 0 Å². The molecule has 0 aromatic heterocycles. The van der Waals surface area contributed by atoms with E-state index in [0.717, 1.165) is 9.87 Å². The van der Waals surface area contributed by atoms with Crippen LogP contribution in [0.5, 0.6) is 0 Å². The molecule has 8 heteroatoms. The van der Waals surface area contributed by atoms with E-state index in [1.807, 2.05) is 6.92 Å². The number of hydrogen-bond donors (Lipinski definition) is 0. The maximum atomic E-state index is 13.1. The smallest absolute Gasteiger partial charge is 0.327 e. The molecule has 5 nitrogen and oxygen atoms in total. The van der Waals surface area contributed by atoms with Crippen molar-refractivity contribution in [1.82, 2.24) is 0 Å². The second kappa shape index (κ2) is 8.29. The van der Waals surface area contributed by atoms with Crippen LogP contribution in [0.3, 0.4) is 0 Å². The predicted octanol–water partition coefficient (Wildman–Crippen LogP) is 4.45. The second-order valence-electron chi connectivity index (χ2n) is 5.96. The number of anilines is 1. The van der Waals surface area contributed by atoms with Crippen molar-refractivity contribution in [3.63, 3.8) is 0 Å². The quantitative estimate of drug-likeness (QED) is 0.653. The van der Waals surface area contributed by atoms with Crippen molar-refractivity contribution >= 4 is 44.9 Å². The van der Waals surface area contributed by atoms with Gasteiger partial charge in [0.1, 0.15) is 6.54 Å². The molecule has 0 radical (unpaired) electrons. The fraction of sp³-hybridized carbons (Fsp3) is 0.278. The van der Waals surface area contributed by atoms with Gasteiger partial charge in [0, 0.05) is 5.02 Å². The van der Waals surface area contributed by atoms with E-state index < -0.39 is 22.5 Å². The average Bonchev–Trinajstić information content (AvgIpc) is 2.54. The van der Waals surface area contributed by atoms with Crippen molar-refractivity contribution < 1.29 is 17.9 Å². The summed E-state index contributed by atoms with van der Waals surface area (Å²) in [5.74, 6) is -0.688. The second-order valence-corrected chi connectivity index (χ2v) is 8.67. The SMILES string of the molecule is Cc1ccc(S(=O)(=O)N(CC(=O)OC(C)C)c2cc(Cl)ccc2Cl)cc1. The zero-order valence-electron chi connectivity index (χ0n) is 14.6. The molecular formula is C18H19Cl2NO4S. The Labute approximate surface area is 163 Å². The van der Waals surface area contributed by atoms with Crippen LogP contribution < -0.4 is 4.31 Å². The minimum atomic E-state index is -4.05. The number of carbonyl (C=O) groups excluding carboxylic acids is 1. The van der Waals surface area contributed by atoms with Gasteiger partial charge in [-0.25, -0.2) is 8.42 Å². The average molecular weight is 416 g/mol. The maximum absolute atomic E-state index is 13.1. The van der Waals surface area contributed by atoms with Gasteiger partial charge >= 0.3 is 5.97 Å². The van der Waals surface area contributed by atoms with Crippen LogP contribution in [0.4, 0.5) is 5.69 Å². The van der Waals surface area contributed by atoms with Crippen LogP contribution in [0.2, 0.25) is 10.0 Å². The van der Waals surface area contributed by atoms with Gasteiger partial charge in [-0.1, -0.05) is 40.9 Å². The lowest BCUT2D eigenvalue weighted by Gasteiger charge is -2.25. The monoisotopic (exact) mass is 415 g/mol. The first-order valence-electron chi connectivity index (χ1n) is 7.85. The molecule has 2 aromatic rings. The number of hydrogen-bond acceptors (Lipinski definition) is 4. The summed E-state index contributed by atoms with van der Waals surface area (Å²) in [4.78, 5) is 12.2. The number of aryl methyl sites for hydroxylation is 1. The number of carbonyl (C=O) groups is 1. The molecule has 2 rings (SSSR count). The van der Waals surface area contributed by atoms with Gasteiger partial charge in [0.25, 0.3) is 10.0 Å². The summed E-state index contributed by atoms with van der Waals surface area (Å²) in [6.07, 6.45) is -0.374. The third kappa shape index (κ3) is 4.90. The Kier molecular flexibility index (Phi) is 6.55. The van der Waals surface area contributed by atoms with Crippen LogP contribution in [-0.2, 0) is 19.6 Å². The summed E-state index contributed by atoms with van der Waals surface area (Å²) in [6.45, 7) is 4.70. The Balaban J connectivity index is 2.54. The molecule has 0 spiro atoms. The molecule has 2 aromatic carbocycles. The van der Waals surface area contributed by atoms with E-state index in [1.165, 1.54) is 30.3 Å². The standard InChI is InChI=1S/C18H19Cl2NO4S/c1-12(2)25-18(22)11-21(17-10-14(19)6-9-16(17)20)26(23,24)15-7-4-13(3)5-8-15/h4-10,12H,11H2,1-3H3. The number of nitrogens with zero attached hydrogens (tertiary/aromatic N) is 1. The number of sulfonamides is 1. The summed E-state index contributed by atoms with van der Waals surface area (Å²) in [6, 6.07) is 10.7. The first-order chi connectivity index (χ1) is 12.1. The van der Waals surface area contributed by atoms with E-state index in [1.54, 1.807) is 26.0 Å². The number of rotatable bonds is 6. The van der Waals surface area contributed by atoms with E-state index in [-0.39, 0.29) is 21.7 Å². The minimum absolute atomic E-state index is 0.0384. The number of halogens is 2. The van der Waals surface area contributed by atoms with Crippen LogP contribution in [0, 0.1) is 6.92 Å². The molecule has 0 saturated heterocycles. The third-order valence-electron chi connectivity index (χ3n) is 3.43. The lowest BCUT2D eigenvalue weighted by atomic mass is 10.2. The van der Waals surface area contributed by atoms with Crippen molar-refractivity contribution in [2.24, 2.45) is 0 Å². The highest BCUT2D eigenvalue weighted by molar-refractivity contribution is 7.92. The maximum Gasteiger partial charge on any atom is 0.327 e. The van der Waals surface area contributed by atoms with Crippen LogP contribution >= 0.6 is 23.2 Å². The van der Waals surface area contributed by atoms with Crippen molar-refractivity contribution in [2.75, 3.05) is 10.8 Å². The first kappa shape index (κ1) is 20.6. The van der Waals surface area contributed by atoms with E-state index in [0.29, 0.717) is 5.02 Å².